The SMILES string of the molecule is Cc1ccc(C#CC(=O)N(Cc2ccccc2)c2ccccc2I)cc1. The summed E-state index contributed by atoms with van der Waals surface area (Å²) in [4.78, 5) is 14.6. The third-order valence-electron chi connectivity index (χ3n) is 3.94. The van der Waals surface area contributed by atoms with Crippen molar-refractivity contribution >= 4 is 34.2 Å². The fourth-order valence-electron chi connectivity index (χ4n) is 2.53. The van der Waals surface area contributed by atoms with Crippen LogP contribution in [0, 0.1) is 22.3 Å². The molecule has 3 aromatic carbocycles. The molecule has 3 aromatic rings. The highest BCUT2D eigenvalue weighted by Crippen LogP contribution is 2.24. The van der Waals surface area contributed by atoms with Crippen LogP contribution in [0.4, 0.5) is 5.69 Å². The lowest BCUT2D eigenvalue weighted by molar-refractivity contribution is -0.113. The van der Waals surface area contributed by atoms with Crippen molar-refractivity contribution < 1.29 is 4.79 Å². The summed E-state index contributed by atoms with van der Waals surface area (Å²) in [6, 6.07) is 25.7. The quantitative estimate of drug-likeness (QED) is 0.397. The monoisotopic (exact) mass is 451 g/mol. The average molecular weight is 451 g/mol. The number of benzene rings is 3. The van der Waals surface area contributed by atoms with Gasteiger partial charge in [-0.2, -0.15) is 0 Å². The van der Waals surface area contributed by atoms with E-state index in [-0.39, 0.29) is 5.91 Å². The molecule has 0 aromatic heterocycles. The number of hydrogen-bond donors (Lipinski definition) is 0. The first-order valence-electron chi connectivity index (χ1n) is 8.32. The standard InChI is InChI=1S/C23H18INO/c1-18-11-13-19(14-12-18)15-16-23(26)25(17-20-7-3-2-4-8-20)22-10-6-5-9-21(22)24/h2-14H,17H2,1H3. The minimum absolute atomic E-state index is 0.210. The van der Waals surface area contributed by atoms with Crippen LogP contribution in [0.5, 0.6) is 0 Å². The van der Waals surface area contributed by atoms with Gasteiger partial charge in [-0.25, -0.2) is 0 Å². The van der Waals surface area contributed by atoms with Gasteiger partial charge in [0, 0.05) is 15.1 Å². The number of carbonyl (C=O) groups excluding carboxylic acids is 1. The minimum atomic E-state index is -0.210. The molecule has 128 valence electrons. The van der Waals surface area contributed by atoms with Gasteiger partial charge in [0.15, 0.2) is 0 Å². The van der Waals surface area contributed by atoms with Crippen LogP contribution < -0.4 is 4.90 Å². The van der Waals surface area contributed by atoms with Crippen molar-refractivity contribution in [1.29, 1.82) is 0 Å². The van der Waals surface area contributed by atoms with E-state index in [9.17, 15) is 4.79 Å². The van der Waals surface area contributed by atoms with Crippen molar-refractivity contribution in [2.24, 2.45) is 0 Å². The second kappa shape index (κ2) is 8.68. The number of para-hydroxylation sites is 1. The highest BCUT2D eigenvalue weighted by atomic mass is 127. The number of anilines is 1. The number of carbonyl (C=O) groups is 1. The zero-order valence-electron chi connectivity index (χ0n) is 14.4. The van der Waals surface area contributed by atoms with Crippen LogP contribution in [0.15, 0.2) is 78.9 Å². The Morgan fingerprint density at radius 1 is 0.923 bits per heavy atom. The highest BCUT2D eigenvalue weighted by Gasteiger charge is 2.16. The molecular formula is C23H18INO. The molecule has 2 nitrogen and oxygen atoms in total. The van der Waals surface area contributed by atoms with E-state index in [2.05, 4.69) is 34.4 Å². The maximum absolute atomic E-state index is 12.9. The normalized spacial score (nSPS) is 9.92. The summed E-state index contributed by atoms with van der Waals surface area (Å²) in [5.74, 6) is 5.57. The van der Waals surface area contributed by atoms with E-state index in [0.29, 0.717) is 6.54 Å². The van der Waals surface area contributed by atoms with Gasteiger partial charge in [-0.15, -0.1) is 0 Å². The molecule has 0 fully saturated rings. The van der Waals surface area contributed by atoms with Gasteiger partial charge in [-0.3, -0.25) is 9.69 Å². The Morgan fingerprint density at radius 3 is 2.27 bits per heavy atom. The smallest absolute Gasteiger partial charge is 0.296 e. The van der Waals surface area contributed by atoms with Crippen LogP contribution in [0.25, 0.3) is 0 Å². The summed E-state index contributed by atoms with van der Waals surface area (Å²) in [6.07, 6.45) is 0. The molecule has 0 heterocycles. The Kier molecular flexibility index (Phi) is 6.08. The predicted molar refractivity (Wildman–Crippen MR) is 115 cm³/mol. The van der Waals surface area contributed by atoms with Crippen LogP contribution in [0.2, 0.25) is 0 Å². The molecule has 3 heteroatoms. The maximum atomic E-state index is 12.9. The fourth-order valence-corrected chi connectivity index (χ4v) is 3.21. The summed E-state index contributed by atoms with van der Waals surface area (Å²) in [7, 11) is 0. The lowest BCUT2D eigenvalue weighted by Gasteiger charge is -2.21. The van der Waals surface area contributed by atoms with Crippen molar-refractivity contribution in [3.05, 3.63) is 99.1 Å². The van der Waals surface area contributed by atoms with Crippen LogP contribution in [0.1, 0.15) is 16.7 Å². The van der Waals surface area contributed by atoms with Crippen molar-refractivity contribution in [2.75, 3.05) is 4.90 Å². The Bertz CT molecular complexity index is 953. The Labute approximate surface area is 168 Å². The first kappa shape index (κ1) is 18.2. The Morgan fingerprint density at radius 2 is 1.58 bits per heavy atom. The Balaban J connectivity index is 1.91. The summed E-state index contributed by atoms with van der Waals surface area (Å²) >= 11 is 2.25. The molecule has 0 spiro atoms. The van der Waals surface area contributed by atoms with E-state index < -0.39 is 0 Å². The number of rotatable bonds is 3. The summed E-state index contributed by atoms with van der Waals surface area (Å²) in [6.45, 7) is 2.52. The molecule has 0 bridgehead atoms. The van der Waals surface area contributed by atoms with Gasteiger partial charge in [0.25, 0.3) is 0 Å². The van der Waals surface area contributed by atoms with Crippen molar-refractivity contribution in [2.45, 2.75) is 13.5 Å². The third kappa shape index (κ3) is 4.74. The zero-order chi connectivity index (χ0) is 18.4. The number of aryl methyl sites for hydroxylation is 1. The average Bonchev–Trinajstić information content (AvgIpc) is 2.67. The van der Waals surface area contributed by atoms with E-state index >= 15 is 0 Å². The molecule has 0 aliphatic carbocycles. The molecule has 0 radical (unpaired) electrons. The number of halogens is 1. The van der Waals surface area contributed by atoms with Crippen molar-refractivity contribution in [3.63, 3.8) is 0 Å². The van der Waals surface area contributed by atoms with E-state index in [1.165, 1.54) is 5.56 Å². The fraction of sp³-hybridized carbons (Fsp3) is 0.0870. The van der Waals surface area contributed by atoms with Gasteiger partial charge >= 0.3 is 5.91 Å². The van der Waals surface area contributed by atoms with Gasteiger partial charge in [-0.05, 0) is 59.3 Å². The Hall–Kier alpha value is -2.58. The molecule has 0 saturated carbocycles. The van der Waals surface area contributed by atoms with Crippen LogP contribution in [-0.2, 0) is 11.3 Å². The molecule has 0 saturated heterocycles. The summed E-state index contributed by atoms with van der Waals surface area (Å²) in [5.41, 5.74) is 3.95. The second-order valence-electron chi connectivity index (χ2n) is 5.94. The summed E-state index contributed by atoms with van der Waals surface area (Å²) in [5, 5.41) is 0. The first-order chi connectivity index (χ1) is 12.6. The van der Waals surface area contributed by atoms with Gasteiger partial charge in [0.05, 0.1) is 12.2 Å². The van der Waals surface area contributed by atoms with Crippen LogP contribution in [-0.4, -0.2) is 5.91 Å². The van der Waals surface area contributed by atoms with E-state index in [1.54, 1.807) is 4.90 Å². The molecule has 0 unspecified atom stereocenters. The van der Waals surface area contributed by atoms with Gasteiger partial charge in [0.2, 0.25) is 0 Å². The first-order valence-corrected chi connectivity index (χ1v) is 9.40. The highest BCUT2D eigenvalue weighted by molar-refractivity contribution is 14.1. The van der Waals surface area contributed by atoms with E-state index in [0.717, 1.165) is 20.4 Å². The molecule has 0 aliphatic rings. The molecular weight excluding hydrogens is 433 g/mol. The van der Waals surface area contributed by atoms with Crippen molar-refractivity contribution in [3.8, 4) is 11.8 Å². The minimum Gasteiger partial charge on any atom is -0.296 e. The van der Waals surface area contributed by atoms with Crippen LogP contribution >= 0.6 is 22.6 Å². The largest absolute Gasteiger partial charge is 0.303 e. The van der Waals surface area contributed by atoms with Crippen molar-refractivity contribution in [1.82, 2.24) is 0 Å². The van der Waals surface area contributed by atoms with Crippen LogP contribution in [0.3, 0.4) is 0 Å². The maximum Gasteiger partial charge on any atom is 0.303 e. The molecule has 0 atom stereocenters. The predicted octanol–water partition coefficient (Wildman–Crippen LogP) is 5.18. The van der Waals surface area contributed by atoms with E-state index in [1.807, 2.05) is 85.8 Å². The number of nitrogens with zero attached hydrogens (tertiary/aromatic N) is 1. The molecule has 0 aliphatic heterocycles. The summed E-state index contributed by atoms with van der Waals surface area (Å²) < 4.78 is 1.02. The van der Waals surface area contributed by atoms with Gasteiger partial charge in [0.1, 0.15) is 0 Å². The number of hydrogen-bond acceptors (Lipinski definition) is 1. The zero-order valence-corrected chi connectivity index (χ0v) is 16.6. The lowest BCUT2D eigenvalue weighted by atomic mass is 10.1. The molecule has 1 amide bonds. The topological polar surface area (TPSA) is 20.3 Å². The molecule has 3 rings (SSSR count). The number of amides is 1. The van der Waals surface area contributed by atoms with Gasteiger partial charge < -0.3 is 0 Å². The van der Waals surface area contributed by atoms with Gasteiger partial charge in [-0.1, -0.05) is 66.1 Å². The molecule has 0 N–H and O–H groups in total. The second-order valence-corrected chi connectivity index (χ2v) is 7.11. The molecule has 26 heavy (non-hydrogen) atoms. The third-order valence-corrected chi connectivity index (χ3v) is 4.85. The lowest BCUT2D eigenvalue weighted by Crippen LogP contribution is -2.29. The van der Waals surface area contributed by atoms with E-state index in [4.69, 9.17) is 0 Å².